The first-order valence-corrected chi connectivity index (χ1v) is 9.70. The number of benzene rings is 1. The highest BCUT2D eigenvalue weighted by atomic mass is 79.9. The van der Waals surface area contributed by atoms with E-state index in [2.05, 4.69) is 41.1 Å². The minimum Gasteiger partial charge on any atom is -0.466 e. The first-order valence-electron chi connectivity index (χ1n) is 8.09. The summed E-state index contributed by atoms with van der Waals surface area (Å²) in [5.41, 5.74) is 1.97. The van der Waals surface area contributed by atoms with E-state index in [1.807, 2.05) is 18.2 Å². The van der Waals surface area contributed by atoms with Crippen LogP contribution in [0.3, 0.4) is 0 Å². The first kappa shape index (κ1) is 19.6. The zero-order chi connectivity index (χ0) is 19.2. The van der Waals surface area contributed by atoms with Crippen molar-refractivity contribution in [3.63, 3.8) is 0 Å². The van der Waals surface area contributed by atoms with Crippen molar-refractivity contribution < 1.29 is 19.1 Å². The molecule has 27 heavy (non-hydrogen) atoms. The summed E-state index contributed by atoms with van der Waals surface area (Å²) >= 11 is 4.58. The number of carbonyl (C=O) groups is 2. The van der Waals surface area contributed by atoms with Gasteiger partial charge in [0.15, 0.2) is 5.17 Å². The van der Waals surface area contributed by atoms with E-state index in [1.165, 1.54) is 7.11 Å². The largest absolute Gasteiger partial charge is 0.466 e. The van der Waals surface area contributed by atoms with Gasteiger partial charge in [0.05, 0.1) is 31.4 Å². The van der Waals surface area contributed by atoms with Crippen LogP contribution in [-0.2, 0) is 19.1 Å². The molecule has 1 aromatic rings. The van der Waals surface area contributed by atoms with Crippen molar-refractivity contribution in [2.45, 2.75) is 0 Å². The summed E-state index contributed by atoms with van der Waals surface area (Å²) in [5, 5.41) is 10.8. The highest BCUT2D eigenvalue weighted by molar-refractivity contribution is 9.10. The van der Waals surface area contributed by atoms with Gasteiger partial charge < -0.3 is 14.4 Å². The molecule has 0 bridgehead atoms. The monoisotopic (exact) mass is 452 g/mol. The van der Waals surface area contributed by atoms with E-state index in [1.54, 1.807) is 6.21 Å². The highest BCUT2D eigenvalue weighted by Gasteiger charge is 2.25. The summed E-state index contributed by atoms with van der Waals surface area (Å²) in [6.45, 7) is 3.19. The van der Waals surface area contributed by atoms with Crippen LogP contribution in [0.2, 0.25) is 0 Å². The molecule has 0 spiro atoms. The van der Waals surface area contributed by atoms with Crippen molar-refractivity contribution in [3.05, 3.63) is 39.2 Å². The molecule has 0 radical (unpaired) electrons. The molecule has 0 aromatic heterocycles. The van der Waals surface area contributed by atoms with E-state index in [0.717, 1.165) is 59.9 Å². The Hall–Kier alpha value is -2.17. The average Bonchev–Trinajstić information content (AvgIpc) is 3.02. The predicted molar refractivity (Wildman–Crippen MR) is 108 cm³/mol. The fourth-order valence-corrected chi connectivity index (χ4v) is 3.63. The van der Waals surface area contributed by atoms with E-state index in [0.29, 0.717) is 5.17 Å². The molecular formula is C17H17BrN4O4S. The van der Waals surface area contributed by atoms with Crippen molar-refractivity contribution in [2.24, 2.45) is 10.2 Å². The maximum atomic E-state index is 11.7. The summed E-state index contributed by atoms with van der Waals surface area (Å²) in [7, 11) is 1.25. The van der Waals surface area contributed by atoms with Crippen molar-refractivity contribution >= 4 is 56.6 Å². The molecular weight excluding hydrogens is 436 g/mol. The number of morpholine rings is 1. The number of ether oxygens (including phenoxy) is 2. The molecule has 2 aliphatic rings. The first-order chi connectivity index (χ1) is 13.1. The van der Waals surface area contributed by atoms with Crippen LogP contribution in [0.15, 0.2) is 43.9 Å². The molecule has 2 heterocycles. The molecule has 10 heteroatoms. The van der Waals surface area contributed by atoms with Crippen molar-refractivity contribution in [3.8, 4) is 0 Å². The third-order valence-electron chi connectivity index (χ3n) is 3.81. The van der Waals surface area contributed by atoms with Crippen LogP contribution in [0.1, 0.15) is 5.56 Å². The highest BCUT2D eigenvalue weighted by Crippen LogP contribution is 2.25. The fraction of sp³-hybridized carbons (Fsp3) is 0.294. The van der Waals surface area contributed by atoms with Crippen LogP contribution in [0.25, 0.3) is 0 Å². The van der Waals surface area contributed by atoms with E-state index in [4.69, 9.17) is 4.74 Å². The van der Waals surface area contributed by atoms with Crippen molar-refractivity contribution in [1.82, 2.24) is 5.32 Å². The molecule has 1 aromatic carbocycles. The van der Waals surface area contributed by atoms with Crippen LogP contribution < -0.4 is 10.2 Å². The van der Waals surface area contributed by atoms with E-state index >= 15 is 0 Å². The second-order valence-electron chi connectivity index (χ2n) is 5.54. The average molecular weight is 453 g/mol. The Morgan fingerprint density at radius 3 is 2.89 bits per heavy atom. The molecule has 0 atom stereocenters. The SMILES string of the molecule is COC(=O)/C=C1/S/C(=N\N=Cc2ccc(N3CCOCC3)cc2Br)NC1=O. The third kappa shape index (κ3) is 5.18. The minimum atomic E-state index is -0.596. The number of hydrogen-bond donors (Lipinski definition) is 1. The lowest BCUT2D eigenvalue weighted by atomic mass is 10.2. The smallest absolute Gasteiger partial charge is 0.331 e. The number of methoxy groups -OCH3 is 1. The van der Waals surface area contributed by atoms with Crippen LogP contribution in [-0.4, -0.2) is 56.7 Å². The number of hydrogen-bond acceptors (Lipinski definition) is 8. The van der Waals surface area contributed by atoms with Crippen molar-refractivity contribution in [2.75, 3.05) is 38.3 Å². The third-order valence-corrected chi connectivity index (χ3v) is 5.39. The number of anilines is 1. The van der Waals surface area contributed by atoms with E-state index in [-0.39, 0.29) is 4.91 Å². The number of nitrogens with one attached hydrogen (secondary N) is 1. The minimum absolute atomic E-state index is 0.215. The second-order valence-corrected chi connectivity index (χ2v) is 7.43. The van der Waals surface area contributed by atoms with Gasteiger partial charge in [-0.1, -0.05) is 22.0 Å². The number of esters is 1. The standard InChI is InChI=1S/C17H17BrN4O4S/c1-25-15(23)9-14-16(24)20-17(27-14)21-19-10-11-2-3-12(8-13(11)18)22-4-6-26-7-5-22/h2-3,8-10H,4-7H2,1H3,(H,20,21,24)/b14-9+,19-10?. The predicted octanol–water partition coefficient (Wildman–Crippen LogP) is 1.90. The number of rotatable bonds is 4. The maximum absolute atomic E-state index is 11.7. The number of halogens is 1. The van der Waals surface area contributed by atoms with Crippen LogP contribution >= 0.6 is 27.7 Å². The molecule has 3 rings (SSSR count). The van der Waals surface area contributed by atoms with Gasteiger partial charge in [0.25, 0.3) is 5.91 Å². The van der Waals surface area contributed by atoms with E-state index in [9.17, 15) is 9.59 Å². The summed E-state index contributed by atoms with van der Waals surface area (Å²) in [6, 6.07) is 6.00. The lowest BCUT2D eigenvalue weighted by molar-refractivity contribution is -0.135. The molecule has 0 aliphatic carbocycles. The quantitative estimate of drug-likeness (QED) is 0.324. The van der Waals surface area contributed by atoms with Gasteiger partial charge >= 0.3 is 5.97 Å². The molecule has 1 amide bonds. The Bertz CT molecular complexity index is 834. The Morgan fingerprint density at radius 2 is 2.19 bits per heavy atom. The Kier molecular flexibility index (Phi) is 6.64. The molecule has 2 fully saturated rings. The number of thioether (sulfide) groups is 1. The molecule has 8 nitrogen and oxygen atoms in total. The summed E-state index contributed by atoms with van der Waals surface area (Å²) in [6.07, 6.45) is 2.71. The van der Waals surface area contributed by atoms with Gasteiger partial charge in [-0.2, -0.15) is 5.10 Å². The van der Waals surface area contributed by atoms with Gasteiger partial charge in [-0.05, 0) is 23.9 Å². The zero-order valence-corrected chi connectivity index (χ0v) is 16.9. The normalized spacial score (nSPS) is 20.5. The number of amidine groups is 1. The zero-order valence-electron chi connectivity index (χ0n) is 14.5. The lowest BCUT2D eigenvalue weighted by Crippen LogP contribution is -2.36. The fourth-order valence-electron chi connectivity index (χ4n) is 2.42. The molecule has 0 unspecified atom stereocenters. The summed E-state index contributed by atoms with van der Waals surface area (Å²) in [4.78, 5) is 25.4. The Balaban J connectivity index is 1.66. The van der Waals surface area contributed by atoms with Gasteiger partial charge in [0, 0.05) is 34.9 Å². The second kappa shape index (κ2) is 9.16. The van der Waals surface area contributed by atoms with Crippen molar-refractivity contribution in [1.29, 1.82) is 0 Å². The topological polar surface area (TPSA) is 92.6 Å². The lowest BCUT2D eigenvalue weighted by Gasteiger charge is -2.29. The molecule has 2 aliphatic heterocycles. The van der Waals surface area contributed by atoms with Gasteiger partial charge in [-0.25, -0.2) is 4.79 Å². The Morgan fingerprint density at radius 1 is 1.41 bits per heavy atom. The van der Waals surface area contributed by atoms with Crippen LogP contribution in [0.5, 0.6) is 0 Å². The van der Waals surface area contributed by atoms with Gasteiger partial charge in [0.1, 0.15) is 0 Å². The molecule has 0 saturated carbocycles. The Labute approximate surface area is 168 Å². The molecule has 1 N–H and O–H groups in total. The van der Waals surface area contributed by atoms with Gasteiger partial charge in [0.2, 0.25) is 0 Å². The maximum Gasteiger partial charge on any atom is 0.331 e. The van der Waals surface area contributed by atoms with Gasteiger partial charge in [-0.15, -0.1) is 5.10 Å². The number of amides is 1. The van der Waals surface area contributed by atoms with Gasteiger partial charge in [-0.3, -0.25) is 10.1 Å². The molecule has 142 valence electrons. The number of carbonyl (C=O) groups excluding carboxylic acids is 2. The van der Waals surface area contributed by atoms with E-state index < -0.39 is 11.9 Å². The summed E-state index contributed by atoms with van der Waals surface area (Å²) < 4.78 is 10.8. The number of nitrogens with zero attached hydrogens (tertiary/aromatic N) is 3. The summed E-state index contributed by atoms with van der Waals surface area (Å²) in [5.74, 6) is -1.00. The van der Waals surface area contributed by atoms with Crippen LogP contribution in [0, 0.1) is 0 Å². The molecule has 2 saturated heterocycles. The van der Waals surface area contributed by atoms with Crippen LogP contribution in [0.4, 0.5) is 5.69 Å².